The van der Waals surface area contributed by atoms with Crippen molar-refractivity contribution in [2.24, 2.45) is 0 Å². The highest BCUT2D eigenvalue weighted by Crippen LogP contribution is 2.23. The van der Waals surface area contributed by atoms with Crippen molar-refractivity contribution in [3.63, 3.8) is 0 Å². The summed E-state index contributed by atoms with van der Waals surface area (Å²) in [6.45, 7) is 4.03. The van der Waals surface area contributed by atoms with Crippen LogP contribution in [0.15, 0.2) is 48.5 Å². The monoisotopic (exact) mass is 395 g/mol. The van der Waals surface area contributed by atoms with E-state index < -0.39 is 16.0 Å². The second-order valence-corrected chi connectivity index (χ2v) is 8.17. The SMILES string of the molecule is CCCS(=O)(=O)N(Cc1ccc(Cl)cc1)c1ccc(C(=O)OCC)cc1. The number of carbonyl (C=O) groups excluding carboxylic acids is 1. The van der Waals surface area contributed by atoms with Crippen LogP contribution >= 0.6 is 11.6 Å². The van der Waals surface area contributed by atoms with E-state index in [-0.39, 0.29) is 18.9 Å². The van der Waals surface area contributed by atoms with Crippen molar-refractivity contribution in [2.75, 3.05) is 16.7 Å². The van der Waals surface area contributed by atoms with Gasteiger partial charge in [0.25, 0.3) is 0 Å². The summed E-state index contributed by atoms with van der Waals surface area (Å²) in [5.74, 6) is -0.389. The Balaban J connectivity index is 2.34. The van der Waals surface area contributed by atoms with Gasteiger partial charge in [-0.2, -0.15) is 0 Å². The third kappa shape index (κ3) is 5.22. The van der Waals surface area contributed by atoms with Crippen molar-refractivity contribution >= 4 is 33.3 Å². The number of rotatable bonds is 8. The first kappa shape index (κ1) is 20.3. The molecule has 0 aromatic heterocycles. The Labute approximate surface area is 159 Å². The molecule has 0 unspecified atom stereocenters. The maximum atomic E-state index is 12.7. The first-order valence-electron chi connectivity index (χ1n) is 8.39. The third-order valence-electron chi connectivity index (χ3n) is 3.70. The molecule has 0 aliphatic carbocycles. The molecule has 0 spiro atoms. The highest BCUT2D eigenvalue weighted by molar-refractivity contribution is 7.92. The van der Waals surface area contributed by atoms with Crippen molar-refractivity contribution in [3.8, 4) is 0 Å². The van der Waals surface area contributed by atoms with Crippen LogP contribution < -0.4 is 4.31 Å². The molecule has 0 saturated heterocycles. The molecule has 0 atom stereocenters. The van der Waals surface area contributed by atoms with Crippen LogP contribution in [0.4, 0.5) is 5.69 Å². The van der Waals surface area contributed by atoms with E-state index in [0.717, 1.165) is 5.56 Å². The van der Waals surface area contributed by atoms with E-state index in [2.05, 4.69) is 0 Å². The average molecular weight is 396 g/mol. The maximum absolute atomic E-state index is 12.7. The molecule has 0 heterocycles. The molecule has 0 aliphatic rings. The van der Waals surface area contributed by atoms with Crippen LogP contribution in [0.5, 0.6) is 0 Å². The summed E-state index contributed by atoms with van der Waals surface area (Å²) in [6.07, 6.45) is 0.514. The van der Waals surface area contributed by atoms with E-state index in [1.165, 1.54) is 4.31 Å². The van der Waals surface area contributed by atoms with Gasteiger partial charge in [-0.25, -0.2) is 13.2 Å². The fourth-order valence-corrected chi connectivity index (χ4v) is 4.10. The molecule has 140 valence electrons. The fraction of sp³-hybridized carbons (Fsp3) is 0.316. The lowest BCUT2D eigenvalue weighted by molar-refractivity contribution is 0.0526. The molecule has 0 N–H and O–H groups in total. The van der Waals surface area contributed by atoms with Crippen LogP contribution in [0.25, 0.3) is 0 Å². The Morgan fingerprint density at radius 3 is 2.19 bits per heavy atom. The largest absolute Gasteiger partial charge is 0.462 e. The van der Waals surface area contributed by atoms with Gasteiger partial charge in [-0.3, -0.25) is 4.31 Å². The van der Waals surface area contributed by atoms with Gasteiger partial charge in [0.15, 0.2) is 0 Å². The van der Waals surface area contributed by atoms with Crippen molar-refractivity contribution in [3.05, 3.63) is 64.7 Å². The number of sulfonamides is 1. The molecule has 0 bridgehead atoms. The lowest BCUT2D eigenvalue weighted by atomic mass is 10.2. The van der Waals surface area contributed by atoms with Crippen LogP contribution in [0, 0.1) is 0 Å². The van der Waals surface area contributed by atoms with Crippen molar-refractivity contribution < 1.29 is 17.9 Å². The molecule has 2 rings (SSSR count). The minimum absolute atomic E-state index is 0.0419. The van der Waals surface area contributed by atoms with Crippen molar-refractivity contribution in [1.29, 1.82) is 0 Å². The molecule has 0 radical (unpaired) electrons. The summed E-state index contributed by atoms with van der Waals surface area (Å²) in [5.41, 5.74) is 1.71. The fourth-order valence-electron chi connectivity index (χ4n) is 2.45. The highest BCUT2D eigenvalue weighted by atomic mass is 35.5. The zero-order chi connectivity index (χ0) is 19.2. The van der Waals surface area contributed by atoms with Crippen molar-refractivity contribution in [2.45, 2.75) is 26.8 Å². The van der Waals surface area contributed by atoms with E-state index in [0.29, 0.717) is 22.7 Å². The Morgan fingerprint density at radius 2 is 1.65 bits per heavy atom. The Hall–Kier alpha value is -2.05. The van der Waals surface area contributed by atoms with E-state index in [9.17, 15) is 13.2 Å². The first-order chi connectivity index (χ1) is 12.4. The number of ether oxygens (including phenoxy) is 1. The lowest BCUT2D eigenvalue weighted by Crippen LogP contribution is -2.32. The average Bonchev–Trinajstić information content (AvgIpc) is 2.61. The third-order valence-corrected chi connectivity index (χ3v) is 5.89. The second-order valence-electron chi connectivity index (χ2n) is 5.72. The summed E-state index contributed by atoms with van der Waals surface area (Å²) in [5, 5.41) is 0.593. The van der Waals surface area contributed by atoms with Gasteiger partial charge < -0.3 is 4.74 Å². The van der Waals surface area contributed by atoms with Crippen LogP contribution in [0.2, 0.25) is 5.02 Å². The van der Waals surface area contributed by atoms with E-state index in [1.54, 1.807) is 55.5 Å². The summed E-state index contributed by atoms with van der Waals surface area (Å²) in [6, 6.07) is 13.4. The summed E-state index contributed by atoms with van der Waals surface area (Å²) in [7, 11) is -3.49. The minimum atomic E-state index is -3.49. The Bertz CT molecular complexity index is 833. The standard InChI is InChI=1S/C19H22ClNO4S/c1-3-13-26(23,24)21(14-15-5-9-17(20)10-6-15)18-11-7-16(8-12-18)19(22)25-4-2/h5-12H,3-4,13-14H2,1-2H3. The molecule has 0 saturated carbocycles. The molecule has 0 aliphatic heterocycles. The van der Waals surface area contributed by atoms with Gasteiger partial charge in [-0.05, 0) is 55.3 Å². The molecular formula is C19H22ClNO4S. The van der Waals surface area contributed by atoms with Gasteiger partial charge in [-0.1, -0.05) is 30.7 Å². The van der Waals surface area contributed by atoms with Gasteiger partial charge in [0.1, 0.15) is 0 Å². The van der Waals surface area contributed by atoms with Crippen molar-refractivity contribution in [1.82, 2.24) is 0 Å². The number of carbonyl (C=O) groups is 1. The number of anilines is 1. The van der Waals surface area contributed by atoms with Gasteiger partial charge in [0.05, 0.1) is 30.2 Å². The molecule has 5 nitrogen and oxygen atoms in total. The minimum Gasteiger partial charge on any atom is -0.462 e. The topological polar surface area (TPSA) is 63.7 Å². The summed E-state index contributed by atoms with van der Waals surface area (Å²) < 4.78 is 31.8. The molecule has 2 aromatic carbocycles. The van der Waals surface area contributed by atoms with Gasteiger partial charge in [-0.15, -0.1) is 0 Å². The van der Waals surface area contributed by atoms with Crippen LogP contribution in [0.1, 0.15) is 36.2 Å². The number of halogens is 1. The maximum Gasteiger partial charge on any atom is 0.338 e. The summed E-state index contributed by atoms with van der Waals surface area (Å²) >= 11 is 5.90. The van der Waals surface area contributed by atoms with Gasteiger partial charge in [0, 0.05) is 5.02 Å². The quantitative estimate of drug-likeness (QED) is 0.626. The van der Waals surface area contributed by atoms with E-state index in [4.69, 9.17) is 16.3 Å². The highest BCUT2D eigenvalue weighted by Gasteiger charge is 2.22. The van der Waals surface area contributed by atoms with Crippen LogP contribution in [0.3, 0.4) is 0 Å². The van der Waals surface area contributed by atoms with E-state index >= 15 is 0 Å². The molecule has 26 heavy (non-hydrogen) atoms. The predicted molar refractivity (Wildman–Crippen MR) is 104 cm³/mol. The van der Waals surface area contributed by atoms with Crippen LogP contribution in [-0.2, 0) is 21.3 Å². The molecule has 2 aromatic rings. The predicted octanol–water partition coefficient (Wildman–Crippen LogP) is 4.26. The smallest absolute Gasteiger partial charge is 0.338 e. The lowest BCUT2D eigenvalue weighted by Gasteiger charge is -2.24. The normalized spacial score (nSPS) is 11.2. The number of benzene rings is 2. The zero-order valence-electron chi connectivity index (χ0n) is 14.8. The van der Waals surface area contributed by atoms with Gasteiger partial charge in [0.2, 0.25) is 10.0 Å². The first-order valence-corrected chi connectivity index (χ1v) is 10.4. The molecule has 0 amide bonds. The van der Waals surface area contributed by atoms with Crippen LogP contribution in [-0.4, -0.2) is 26.7 Å². The Kier molecular flexibility index (Phi) is 7.06. The number of hydrogen-bond donors (Lipinski definition) is 0. The zero-order valence-corrected chi connectivity index (χ0v) is 16.4. The molecular weight excluding hydrogens is 374 g/mol. The molecule has 7 heteroatoms. The number of hydrogen-bond acceptors (Lipinski definition) is 4. The van der Waals surface area contributed by atoms with E-state index in [1.807, 2.05) is 6.92 Å². The summed E-state index contributed by atoms with van der Waals surface area (Å²) in [4.78, 5) is 11.8. The Morgan fingerprint density at radius 1 is 1.04 bits per heavy atom. The van der Waals surface area contributed by atoms with Gasteiger partial charge >= 0.3 is 5.97 Å². The number of nitrogens with zero attached hydrogens (tertiary/aromatic N) is 1. The second kappa shape index (κ2) is 9.05. The molecule has 0 fully saturated rings. The number of esters is 1.